The zero-order chi connectivity index (χ0) is 13.2. The SMILES string of the molecule is O=[N+]([O-])c1cccc(N2COc3ccccc3C2)c1. The third-order valence-corrected chi connectivity index (χ3v) is 3.12. The predicted molar refractivity (Wildman–Crippen MR) is 71.2 cm³/mol. The van der Waals surface area contributed by atoms with Crippen molar-refractivity contribution in [2.45, 2.75) is 6.54 Å². The molecule has 0 fully saturated rings. The lowest BCUT2D eigenvalue weighted by molar-refractivity contribution is -0.384. The number of hydrogen-bond donors (Lipinski definition) is 0. The quantitative estimate of drug-likeness (QED) is 0.612. The van der Waals surface area contributed by atoms with Crippen LogP contribution in [0.15, 0.2) is 48.5 Å². The molecule has 0 aromatic heterocycles. The second-order valence-electron chi connectivity index (χ2n) is 4.36. The van der Waals surface area contributed by atoms with Gasteiger partial charge in [-0.25, -0.2) is 0 Å². The summed E-state index contributed by atoms with van der Waals surface area (Å²) in [5.74, 6) is 0.879. The number of fused-ring (bicyclic) bond motifs is 1. The van der Waals surface area contributed by atoms with E-state index in [1.54, 1.807) is 12.1 Å². The van der Waals surface area contributed by atoms with Crippen LogP contribution in [0.2, 0.25) is 0 Å². The minimum Gasteiger partial charge on any atom is -0.473 e. The van der Waals surface area contributed by atoms with Gasteiger partial charge in [-0.1, -0.05) is 24.3 Å². The van der Waals surface area contributed by atoms with Crippen LogP contribution >= 0.6 is 0 Å². The van der Waals surface area contributed by atoms with Crippen LogP contribution in [0.4, 0.5) is 11.4 Å². The number of rotatable bonds is 2. The molecular weight excluding hydrogens is 244 g/mol. The third kappa shape index (κ3) is 2.22. The van der Waals surface area contributed by atoms with E-state index in [4.69, 9.17) is 4.74 Å². The molecule has 0 N–H and O–H groups in total. The first kappa shape index (κ1) is 11.5. The summed E-state index contributed by atoms with van der Waals surface area (Å²) in [7, 11) is 0. The summed E-state index contributed by atoms with van der Waals surface area (Å²) in [6, 6.07) is 14.4. The van der Waals surface area contributed by atoms with E-state index in [2.05, 4.69) is 0 Å². The molecule has 96 valence electrons. The van der Waals surface area contributed by atoms with E-state index in [1.807, 2.05) is 35.2 Å². The summed E-state index contributed by atoms with van der Waals surface area (Å²) in [5.41, 5.74) is 1.97. The Morgan fingerprint density at radius 3 is 2.84 bits per heavy atom. The number of benzene rings is 2. The maximum absolute atomic E-state index is 10.8. The molecule has 0 amide bonds. The molecule has 0 saturated heterocycles. The Labute approximate surface area is 110 Å². The molecule has 2 aromatic rings. The van der Waals surface area contributed by atoms with Gasteiger partial charge in [-0.2, -0.15) is 0 Å². The number of ether oxygens (including phenoxy) is 1. The monoisotopic (exact) mass is 256 g/mol. The van der Waals surface area contributed by atoms with Crippen LogP contribution in [0.5, 0.6) is 5.75 Å². The lowest BCUT2D eigenvalue weighted by Crippen LogP contribution is -2.31. The van der Waals surface area contributed by atoms with Gasteiger partial charge in [0.2, 0.25) is 0 Å². The van der Waals surface area contributed by atoms with Crippen molar-refractivity contribution in [3.05, 3.63) is 64.2 Å². The topological polar surface area (TPSA) is 55.6 Å². The molecule has 1 aliphatic heterocycles. The Morgan fingerprint density at radius 2 is 2.00 bits per heavy atom. The van der Waals surface area contributed by atoms with Crippen molar-refractivity contribution >= 4 is 11.4 Å². The van der Waals surface area contributed by atoms with Crippen LogP contribution < -0.4 is 9.64 Å². The molecule has 0 bridgehead atoms. The molecule has 2 aromatic carbocycles. The summed E-state index contributed by atoms with van der Waals surface area (Å²) >= 11 is 0. The van der Waals surface area contributed by atoms with Gasteiger partial charge >= 0.3 is 0 Å². The minimum absolute atomic E-state index is 0.0939. The molecule has 1 heterocycles. The fourth-order valence-corrected chi connectivity index (χ4v) is 2.14. The van der Waals surface area contributed by atoms with Crippen LogP contribution in [0.3, 0.4) is 0 Å². The summed E-state index contributed by atoms with van der Waals surface area (Å²) in [5, 5.41) is 10.8. The van der Waals surface area contributed by atoms with Gasteiger partial charge in [-0.05, 0) is 12.1 Å². The van der Waals surface area contributed by atoms with Crippen LogP contribution in [-0.4, -0.2) is 11.7 Å². The van der Waals surface area contributed by atoms with Gasteiger partial charge in [-0.15, -0.1) is 0 Å². The predicted octanol–water partition coefficient (Wildman–Crippen LogP) is 2.95. The average molecular weight is 256 g/mol. The van der Waals surface area contributed by atoms with Gasteiger partial charge in [-0.3, -0.25) is 10.1 Å². The molecule has 0 aliphatic carbocycles. The summed E-state index contributed by atoms with van der Waals surface area (Å²) in [6.45, 7) is 1.09. The van der Waals surface area contributed by atoms with Gasteiger partial charge in [0.05, 0.1) is 4.92 Å². The number of nitro benzene ring substituents is 1. The smallest absolute Gasteiger partial charge is 0.271 e. The molecule has 19 heavy (non-hydrogen) atoms. The number of nitrogens with zero attached hydrogens (tertiary/aromatic N) is 2. The van der Waals surface area contributed by atoms with Crippen molar-refractivity contribution in [1.82, 2.24) is 0 Å². The molecule has 0 spiro atoms. The number of non-ortho nitro benzene ring substituents is 1. The highest BCUT2D eigenvalue weighted by Crippen LogP contribution is 2.29. The number of anilines is 1. The molecule has 3 rings (SSSR count). The van der Waals surface area contributed by atoms with Crippen LogP contribution in [0.1, 0.15) is 5.56 Å². The van der Waals surface area contributed by atoms with E-state index in [0.717, 1.165) is 17.0 Å². The van der Waals surface area contributed by atoms with E-state index in [1.165, 1.54) is 6.07 Å². The molecule has 0 saturated carbocycles. The highest BCUT2D eigenvalue weighted by molar-refractivity contribution is 5.54. The summed E-state index contributed by atoms with van der Waals surface area (Å²) in [6.07, 6.45) is 0. The van der Waals surface area contributed by atoms with Gasteiger partial charge in [0.25, 0.3) is 5.69 Å². The lowest BCUT2D eigenvalue weighted by atomic mass is 10.1. The number of hydrogen-bond acceptors (Lipinski definition) is 4. The van der Waals surface area contributed by atoms with E-state index < -0.39 is 0 Å². The number of para-hydroxylation sites is 1. The Bertz CT molecular complexity index is 628. The Balaban J connectivity index is 1.89. The zero-order valence-electron chi connectivity index (χ0n) is 10.2. The van der Waals surface area contributed by atoms with Crippen LogP contribution in [0, 0.1) is 10.1 Å². The summed E-state index contributed by atoms with van der Waals surface area (Å²) in [4.78, 5) is 12.4. The normalized spacial score (nSPS) is 13.6. The van der Waals surface area contributed by atoms with E-state index in [0.29, 0.717) is 13.3 Å². The first-order valence-electron chi connectivity index (χ1n) is 5.94. The molecule has 1 aliphatic rings. The maximum atomic E-state index is 10.8. The third-order valence-electron chi connectivity index (χ3n) is 3.12. The van der Waals surface area contributed by atoms with Gasteiger partial charge < -0.3 is 9.64 Å². The van der Waals surface area contributed by atoms with Crippen molar-refractivity contribution in [1.29, 1.82) is 0 Å². The van der Waals surface area contributed by atoms with Crippen molar-refractivity contribution < 1.29 is 9.66 Å². The van der Waals surface area contributed by atoms with Crippen LogP contribution in [0.25, 0.3) is 0 Å². The Hall–Kier alpha value is -2.56. The van der Waals surface area contributed by atoms with E-state index in [-0.39, 0.29) is 10.6 Å². The Morgan fingerprint density at radius 1 is 1.16 bits per heavy atom. The van der Waals surface area contributed by atoms with Crippen LogP contribution in [-0.2, 0) is 6.54 Å². The zero-order valence-corrected chi connectivity index (χ0v) is 10.2. The highest BCUT2D eigenvalue weighted by Gasteiger charge is 2.18. The van der Waals surface area contributed by atoms with Crippen molar-refractivity contribution in [2.75, 3.05) is 11.6 Å². The second-order valence-corrected chi connectivity index (χ2v) is 4.36. The largest absolute Gasteiger partial charge is 0.473 e. The van der Waals surface area contributed by atoms with Crippen molar-refractivity contribution in [3.8, 4) is 5.75 Å². The van der Waals surface area contributed by atoms with Crippen molar-refractivity contribution in [3.63, 3.8) is 0 Å². The first-order chi connectivity index (χ1) is 9.24. The molecule has 5 nitrogen and oxygen atoms in total. The molecule has 0 radical (unpaired) electrons. The fourth-order valence-electron chi connectivity index (χ4n) is 2.14. The van der Waals surface area contributed by atoms with Crippen molar-refractivity contribution in [2.24, 2.45) is 0 Å². The number of nitro groups is 1. The van der Waals surface area contributed by atoms with Gasteiger partial charge in [0.15, 0.2) is 6.73 Å². The molecule has 0 atom stereocenters. The van der Waals surface area contributed by atoms with E-state index in [9.17, 15) is 10.1 Å². The fraction of sp³-hybridized carbons (Fsp3) is 0.143. The molecule has 0 unspecified atom stereocenters. The van der Waals surface area contributed by atoms with Gasteiger partial charge in [0.1, 0.15) is 5.75 Å². The molecule has 5 heteroatoms. The minimum atomic E-state index is -0.387. The second kappa shape index (κ2) is 4.61. The van der Waals surface area contributed by atoms with Gasteiger partial charge in [0, 0.05) is 29.9 Å². The van der Waals surface area contributed by atoms with E-state index >= 15 is 0 Å². The molecular formula is C14H12N2O3. The summed E-state index contributed by atoms with van der Waals surface area (Å²) < 4.78 is 5.65. The standard InChI is InChI=1S/C14H12N2O3/c17-16(18)13-6-3-5-12(8-13)15-9-11-4-1-2-7-14(11)19-10-15/h1-8H,9-10H2. The first-order valence-corrected chi connectivity index (χ1v) is 5.94. The Kier molecular flexibility index (Phi) is 2.79. The highest BCUT2D eigenvalue weighted by atomic mass is 16.6. The maximum Gasteiger partial charge on any atom is 0.271 e. The lowest BCUT2D eigenvalue weighted by Gasteiger charge is -2.30. The average Bonchev–Trinajstić information content (AvgIpc) is 2.47.